The van der Waals surface area contributed by atoms with E-state index in [9.17, 15) is 0 Å². The first kappa shape index (κ1) is 13.6. The van der Waals surface area contributed by atoms with Gasteiger partial charge in [-0.15, -0.1) is 0 Å². The van der Waals surface area contributed by atoms with Gasteiger partial charge in [0.1, 0.15) is 0 Å². The summed E-state index contributed by atoms with van der Waals surface area (Å²) in [6, 6.07) is 19.5. The van der Waals surface area contributed by atoms with Gasteiger partial charge >= 0.3 is 0 Å². The second-order valence-electron chi connectivity index (χ2n) is 4.78. The van der Waals surface area contributed by atoms with Crippen LogP contribution >= 0.6 is 0 Å². The Labute approximate surface area is 119 Å². The molecular formula is C17H15N3. The zero-order valence-corrected chi connectivity index (χ0v) is 11.5. The lowest BCUT2D eigenvalue weighted by atomic mass is 10.1. The fraction of sp³-hybridized carbons (Fsp3) is 0.176. The third-order valence-electron chi connectivity index (χ3n) is 3.07. The highest BCUT2D eigenvalue weighted by molar-refractivity contribution is 5.65. The van der Waals surface area contributed by atoms with Crippen molar-refractivity contribution in [2.24, 2.45) is 0 Å². The minimum Gasteiger partial charge on any atom is -0.339 e. The molecule has 0 saturated heterocycles. The van der Waals surface area contributed by atoms with E-state index in [1.165, 1.54) is 0 Å². The molecule has 20 heavy (non-hydrogen) atoms. The molecule has 0 aliphatic rings. The third kappa shape index (κ3) is 2.79. The van der Waals surface area contributed by atoms with E-state index in [1.54, 1.807) is 0 Å². The van der Waals surface area contributed by atoms with Crippen LogP contribution in [0, 0.1) is 22.7 Å². The van der Waals surface area contributed by atoms with Crippen LogP contribution in [0.1, 0.15) is 25.0 Å². The van der Waals surface area contributed by atoms with Crippen LogP contribution in [-0.2, 0) is 0 Å². The van der Waals surface area contributed by atoms with Crippen molar-refractivity contribution in [3.63, 3.8) is 0 Å². The predicted octanol–water partition coefficient (Wildman–Crippen LogP) is 3.98. The molecule has 0 aromatic heterocycles. The first-order valence-electron chi connectivity index (χ1n) is 6.45. The summed E-state index contributed by atoms with van der Waals surface area (Å²) < 4.78 is 0. The van der Waals surface area contributed by atoms with Crippen LogP contribution in [0.2, 0.25) is 0 Å². The minimum absolute atomic E-state index is 0.274. The van der Waals surface area contributed by atoms with Gasteiger partial charge in [-0.2, -0.15) is 10.5 Å². The SMILES string of the molecule is CC(C)N(c1ccc(C#N)cc1)c1ccc(C#N)cc1. The predicted molar refractivity (Wildman–Crippen MR) is 79.6 cm³/mol. The lowest BCUT2D eigenvalue weighted by Crippen LogP contribution is -2.25. The quantitative estimate of drug-likeness (QED) is 0.839. The van der Waals surface area contributed by atoms with Crippen molar-refractivity contribution in [3.05, 3.63) is 59.7 Å². The number of hydrogen-bond acceptors (Lipinski definition) is 3. The molecule has 2 aromatic rings. The molecule has 0 atom stereocenters. The molecule has 0 heterocycles. The van der Waals surface area contributed by atoms with Gasteiger partial charge < -0.3 is 4.90 Å². The Morgan fingerprint density at radius 1 is 0.750 bits per heavy atom. The number of hydrogen-bond donors (Lipinski definition) is 0. The maximum Gasteiger partial charge on any atom is 0.0991 e. The highest BCUT2D eigenvalue weighted by Crippen LogP contribution is 2.28. The molecule has 0 aliphatic heterocycles. The molecule has 0 unspecified atom stereocenters. The maximum absolute atomic E-state index is 8.86. The van der Waals surface area contributed by atoms with Crippen LogP contribution in [0.15, 0.2) is 48.5 Å². The molecule has 3 nitrogen and oxygen atoms in total. The van der Waals surface area contributed by atoms with Crippen LogP contribution in [0.25, 0.3) is 0 Å². The highest BCUT2D eigenvalue weighted by Gasteiger charge is 2.13. The lowest BCUT2D eigenvalue weighted by molar-refractivity contribution is 0.789. The van der Waals surface area contributed by atoms with E-state index < -0.39 is 0 Å². The third-order valence-corrected chi connectivity index (χ3v) is 3.07. The molecule has 0 N–H and O–H groups in total. The Morgan fingerprint density at radius 3 is 1.35 bits per heavy atom. The monoisotopic (exact) mass is 261 g/mol. The molecule has 0 radical (unpaired) electrons. The fourth-order valence-corrected chi connectivity index (χ4v) is 2.14. The summed E-state index contributed by atoms with van der Waals surface area (Å²) in [5.74, 6) is 0. The van der Waals surface area contributed by atoms with E-state index in [4.69, 9.17) is 10.5 Å². The molecule has 0 spiro atoms. The van der Waals surface area contributed by atoms with Gasteiger partial charge in [0.15, 0.2) is 0 Å². The standard InChI is InChI=1S/C17H15N3/c1-13(2)20(16-7-3-14(11-18)4-8-16)17-9-5-15(12-19)6-10-17/h3-10,13H,1-2H3. The van der Waals surface area contributed by atoms with Crippen molar-refractivity contribution >= 4 is 11.4 Å². The van der Waals surface area contributed by atoms with Crippen molar-refractivity contribution in [1.29, 1.82) is 10.5 Å². The number of nitriles is 2. The van der Waals surface area contributed by atoms with Gasteiger partial charge in [-0.25, -0.2) is 0 Å². The smallest absolute Gasteiger partial charge is 0.0991 e. The second kappa shape index (κ2) is 5.91. The molecule has 3 heteroatoms. The Hall–Kier alpha value is -2.78. The van der Waals surface area contributed by atoms with Crippen LogP contribution in [0.5, 0.6) is 0 Å². The number of anilines is 2. The summed E-state index contributed by atoms with van der Waals surface area (Å²) in [5.41, 5.74) is 3.36. The van der Waals surface area contributed by atoms with E-state index >= 15 is 0 Å². The first-order chi connectivity index (χ1) is 9.65. The lowest BCUT2D eigenvalue weighted by Gasteiger charge is -2.29. The molecule has 0 amide bonds. The Bertz CT molecular complexity index is 598. The molecule has 0 bridgehead atoms. The minimum atomic E-state index is 0.274. The largest absolute Gasteiger partial charge is 0.339 e. The average molecular weight is 261 g/mol. The van der Waals surface area contributed by atoms with Crippen molar-refractivity contribution in [3.8, 4) is 12.1 Å². The average Bonchev–Trinajstić information content (AvgIpc) is 2.48. The highest BCUT2D eigenvalue weighted by atomic mass is 15.2. The topological polar surface area (TPSA) is 50.8 Å². The van der Waals surface area contributed by atoms with Crippen molar-refractivity contribution in [2.45, 2.75) is 19.9 Å². The molecule has 2 aromatic carbocycles. The zero-order valence-electron chi connectivity index (χ0n) is 11.5. The number of nitrogens with zero attached hydrogens (tertiary/aromatic N) is 3. The van der Waals surface area contributed by atoms with Gasteiger partial charge in [0.05, 0.1) is 23.3 Å². The van der Waals surface area contributed by atoms with Gasteiger partial charge in [0.25, 0.3) is 0 Å². The summed E-state index contributed by atoms with van der Waals surface area (Å²) in [6.45, 7) is 4.22. The van der Waals surface area contributed by atoms with Crippen molar-refractivity contribution in [2.75, 3.05) is 4.90 Å². The molecule has 98 valence electrons. The van der Waals surface area contributed by atoms with Crippen LogP contribution < -0.4 is 4.90 Å². The van der Waals surface area contributed by atoms with Crippen LogP contribution in [0.3, 0.4) is 0 Å². The van der Waals surface area contributed by atoms with E-state index in [1.807, 2.05) is 48.5 Å². The number of rotatable bonds is 3. The van der Waals surface area contributed by atoms with E-state index in [2.05, 4.69) is 30.9 Å². The second-order valence-corrected chi connectivity index (χ2v) is 4.78. The molecule has 0 aliphatic carbocycles. The summed E-state index contributed by atoms with van der Waals surface area (Å²) in [7, 11) is 0. The van der Waals surface area contributed by atoms with Crippen molar-refractivity contribution < 1.29 is 0 Å². The van der Waals surface area contributed by atoms with Crippen LogP contribution in [0.4, 0.5) is 11.4 Å². The zero-order chi connectivity index (χ0) is 14.5. The summed E-state index contributed by atoms with van der Waals surface area (Å²) in [5, 5.41) is 17.7. The fourth-order valence-electron chi connectivity index (χ4n) is 2.14. The van der Waals surface area contributed by atoms with E-state index in [0.717, 1.165) is 11.4 Å². The Balaban J connectivity index is 2.39. The summed E-state index contributed by atoms with van der Waals surface area (Å²) >= 11 is 0. The van der Waals surface area contributed by atoms with Crippen molar-refractivity contribution in [1.82, 2.24) is 0 Å². The Kier molecular flexibility index (Phi) is 4.03. The molecule has 0 fully saturated rings. The maximum atomic E-state index is 8.86. The van der Waals surface area contributed by atoms with E-state index in [0.29, 0.717) is 11.1 Å². The van der Waals surface area contributed by atoms with Gasteiger partial charge in [-0.05, 0) is 62.4 Å². The van der Waals surface area contributed by atoms with Crippen LogP contribution in [-0.4, -0.2) is 6.04 Å². The van der Waals surface area contributed by atoms with Gasteiger partial charge in [-0.1, -0.05) is 0 Å². The normalized spacial score (nSPS) is 9.85. The summed E-state index contributed by atoms with van der Waals surface area (Å²) in [4.78, 5) is 2.17. The number of benzene rings is 2. The van der Waals surface area contributed by atoms with Gasteiger partial charge in [0, 0.05) is 17.4 Å². The van der Waals surface area contributed by atoms with Gasteiger partial charge in [0.2, 0.25) is 0 Å². The van der Waals surface area contributed by atoms with E-state index in [-0.39, 0.29) is 6.04 Å². The summed E-state index contributed by atoms with van der Waals surface area (Å²) in [6.07, 6.45) is 0. The molecule has 2 rings (SSSR count). The Morgan fingerprint density at radius 2 is 1.10 bits per heavy atom. The first-order valence-corrected chi connectivity index (χ1v) is 6.45. The van der Waals surface area contributed by atoms with Gasteiger partial charge in [-0.3, -0.25) is 0 Å². The molecular weight excluding hydrogens is 246 g/mol. The molecule has 0 saturated carbocycles.